The lowest BCUT2D eigenvalue weighted by Gasteiger charge is -2.42. The molecule has 0 spiro atoms. The minimum absolute atomic E-state index is 0.0252. The maximum Gasteiger partial charge on any atom is 0.261 e. The van der Waals surface area contributed by atoms with Crippen LogP contribution in [0.5, 0.6) is 0 Å². The Kier molecular flexibility index (Phi) is 10.5. The summed E-state index contributed by atoms with van der Waals surface area (Å²) in [6.45, 7) is 9.93. The molecule has 0 radical (unpaired) electrons. The first-order valence-corrected chi connectivity index (χ1v) is 19.7. The summed E-state index contributed by atoms with van der Waals surface area (Å²) in [7, 11) is -4.36. The van der Waals surface area contributed by atoms with Crippen molar-refractivity contribution in [3.8, 4) is 0 Å². The van der Waals surface area contributed by atoms with Gasteiger partial charge in [-0.1, -0.05) is 148 Å². The molecule has 5 aromatic carbocycles. The average molecular weight is 614 g/mol. The fourth-order valence-corrected chi connectivity index (χ4v) is 15.5. The number of rotatable bonds is 12. The molecule has 224 valence electrons. The largest absolute Gasteiger partial charge is 0.404 e. The molecule has 0 aliphatic rings. The molecule has 0 saturated heterocycles. The van der Waals surface area contributed by atoms with Gasteiger partial charge in [-0.15, -0.1) is 0 Å². The van der Waals surface area contributed by atoms with E-state index in [1.54, 1.807) is 0 Å². The number of hydrogen-bond acceptors (Lipinski definition) is 1. The lowest BCUT2D eigenvalue weighted by atomic mass is 10.2. The molecule has 1 nitrogen and oxygen atoms in total. The molecule has 0 amide bonds. The summed E-state index contributed by atoms with van der Waals surface area (Å²) in [5.74, 6) is 0. The summed E-state index contributed by atoms with van der Waals surface area (Å²) < 4.78 is 7.16. The van der Waals surface area contributed by atoms with E-state index in [1.807, 2.05) is 0 Å². The van der Waals surface area contributed by atoms with Gasteiger partial charge in [0.05, 0.1) is 12.8 Å². The summed E-state index contributed by atoms with van der Waals surface area (Å²) in [6, 6.07) is 55.5. The molecule has 0 aliphatic heterocycles. The van der Waals surface area contributed by atoms with Crippen molar-refractivity contribution in [2.45, 2.75) is 45.6 Å². The highest BCUT2D eigenvalue weighted by atomic mass is 31.2. The summed E-state index contributed by atoms with van der Waals surface area (Å²) in [6.07, 6.45) is 5.64. The van der Waals surface area contributed by atoms with Crippen molar-refractivity contribution >= 4 is 41.9 Å². The van der Waals surface area contributed by atoms with Gasteiger partial charge in [0.15, 0.2) is 0 Å². The van der Waals surface area contributed by atoms with E-state index in [9.17, 15) is 0 Å². The molecule has 0 N–H and O–H groups in total. The summed E-state index contributed by atoms with van der Waals surface area (Å²) in [5.41, 5.74) is 1.40. The third-order valence-electron chi connectivity index (χ3n) is 8.80. The second-order valence-corrected chi connectivity index (χ2v) is 20.6. The van der Waals surface area contributed by atoms with E-state index in [1.165, 1.54) is 31.9 Å². The second kappa shape index (κ2) is 14.5. The fraction of sp³-hybridized carbons (Fsp3) is 0.220. The Bertz CT molecular complexity index is 1460. The van der Waals surface area contributed by atoms with Gasteiger partial charge in [0.25, 0.3) is 8.32 Å². The van der Waals surface area contributed by atoms with E-state index in [-0.39, 0.29) is 5.04 Å². The topological polar surface area (TPSA) is 9.23 Å². The van der Waals surface area contributed by atoms with Crippen LogP contribution in [0.3, 0.4) is 0 Å². The Hall–Kier alpha value is -3.55. The van der Waals surface area contributed by atoms with Crippen LogP contribution < -0.4 is 26.3 Å². The van der Waals surface area contributed by atoms with E-state index < -0.39 is 15.6 Å². The highest BCUT2D eigenvalue weighted by molar-refractivity contribution is 7.95. The first kappa shape index (κ1) is 31.9. The van der Waals surface area contributed by atoms with Crippen molar-refractivity contribution in [1.82, 2.24) is 0 Å². The average Bonchev–Trinajstić information content (AvgIpc) is 3.07. The van der Waals surface area contributed by atoms with Gasteiger partial charge < -0.3 is 4.43 Å². The molecule has 0 unspecified atom stereocenters. The van der Waals surface area contributed by atoms with Gasteiger partial charge in [-0.05, 0) is 71.6 Å². The minimum atomic E-state index is -2.55. The number of hydrogen-bond donors (Lipinski definition) is 0. The minimum Gasteiger partial charge on any atom is -0.404 e. The third-order valence-corrected chi connectivity index (χ3v) is 18.3. The van der Waals surface area contributed by atoms with Crippen LogP contribution in [0.1, 0.15) is 40.5 Å². The predicted molar refractivity (Wildman–Crippen MR) is 197 cm³/mol. The van der Waals surface area contributed by atoms with Gasteiger partial charge >= 0.3 is 0 Å². The van der Waals surface area contributed by atoms with Crippen LogP contribution in [-0.4, -0.2) is 21.1 Å². The highest BCUT2D eigenvalue weighted by Crippen LogP contribution is 2.56. The zero-order valence-corrected chi connectivity index (χ0v) is 28.6. The molecule has 0 saturated carbocycles. The lowest BCUT2D eigenvalue weighted by molar-refractivity contribution is 0.338. The Morgan fingerprint density at radius 3 is 1.32 bits per heavy atom. The Morgan fingerprint density at radius 1 is 0.591 bits per heavy atom. The van der Waals surface area contributed by atoms with Crippen LogP contribution in [-0.2, 0) is 4.43 Å². The monoisotopic (exact) mass is 613 g/mol. The fourth-order valence-electron chi connectivity index (χ4n) is 6.65. The first-order chi connectivity index (χ1) is 21.4. The van der Waals surface area contributed by atoms with Crippen LogP contribution in [0.25, 0.3) is 0 Å². The molecule has 0 heterocycles. The molecule has 0 bridgehead atoms. The highest BCUT2D eigenvalue weighted by Gasteiger charge is 2.50. The van der Waals surface area contributed by atoms with Crippen molar-refractivity contribution < 1.29 is 4.43 Å². The molecule has 5 rings (SSSR count). The Labute approximate surface area is 267 Å². The molecule has 44 heavy (non-hydrogen) atoms. The third kappa shape index (κ3) is 6.74. The van der Waals surface area contributed by atoms with Crippen molar-refractivity contribution in [2.24, 2.45) is 0 Å². The molecular weight excluding hydrogens is 568 g/mol. The van der Waals surface area contributed by atoms with E-state index in [4.69, 9.17) is 4.43 Å². The molecule has 0 aromatic heterocycles. The summed E-state index contributed by atoms with van der Waals surface area (Å²) in [4.78, 5) is 0. The van der Waals surface area contributed by atoms with Crippen molar-refractivity contribution in [2.75, 3.05) is 12.8 Å². The van der Waals surface area contributed by atoms with Crippen LogP contribution >= 0.6 is 7.26 Å². The van der Waals surface area contributed by atoms with Crippen LogP contribution in [0.15, 0.2) is 163 Å². The molecule has 0 fully saturated rings. The van der Waals surface area contributed by atoms with Gasteiger partial charge in [0, 0.05) is 0 Å². The second-order valence-electron chi connectivity index (χ2n) is 12.7. The maximum atomic E-state index is 7.16. The van der Waals surface area contributed by atoms with E-state index in [0.717, 1.165) is 19.0 Å². The van der Waals surface area contributed by atoms with Gasteiger partial charge in [-0.3, -0.25) is 0 Å². The van der Waals surface area contributed by atoms with Crippen LogP contribution in [0, 0.1) is 0 Å². The van der Waals surface area contributed by atoms with E-state index in [2.05, 4.69) is 185 Å². The standard InChI is InChI=1S/C41H46OPSi/c1-35(32-33-42-44(41(2,3)4,39-28-16-8-17-29-39)40-30-18-9-19-31-40)21-20-34-43(36-22-10-5-11-23-36,37-24-12-6-13-25-37)38-26-14-7-15-27-38/h5-19,22-32H,20-21,33-34H2,1-4H3/q+1/b35-32-. The first-order valence-electron chi connectivity index (χ1n) is 15.8. The quantitative estimate of drug-likeness (QED) is 0.0782. The molecule has 0 aliphatic carbocycles. The molecule has 5 aromatic rings. The van der Waals surface area contributed by atoms with Gasteiger partial charge in [-0.25, -0.2) is 0 Å². The van der Waals surface area contributed by atoms with Crippen molar-refractivity contribution in [1.29, 1.82) is 0 Å². The van der Waals surface area contributed by atoms with Crippen LogP contribution in [0.2, 0.25) is 5.04 Å². The van der Waals surface area contributed by atoms with E-state index >= 15 is 0 Å². The van der Waals surface area contributed by atoms with Crippen LogP contribution in [0.4, 0.5) is 0 Å². The van der Waals surface area contributed by atoms with Crippen molar-refractivity contribution in [3.63, 3.8) is 0 Å². The van der Waals surface area contributed by atoms with Gasteiger partial charge in [0.2, 0.25) is 0 Å². The maximum absolute atomic E-state index is 7.16. The Balaban J connectivity index is 1.40. The summed E-state index contributed by atoms with van der Waals surface area (Å²) >= 11 is 0. The molecule has 3 heteroatoms. The molecule has 0 atom stereocenters. The normalized spacial score (nSPS) is 12.7. The van der Waals surface area contributed by atoms with Gasteiger partial charge in [-0.2, -0.15) is 0 Å². The molecular formula is C41H46OPSi+. The SMILES string of the molecule is C/C(=C/CO[Si](c1ccccc1)(c1ccccc1)C(C)(C)C)CCC[P+](c1ccccc1)(c1ccccc1)c1ccccc1. The van der Waals surface area contributed by atoms with Gasteiger partial charge in [0.1, 0.15) is 23.2 Å². The smallest absolute Gasteiger partial charge is 0.261 e. The van der Waals surface area contributed by atoms with Crippen molar-refractivity contribution in [3.05, 3.63) is 163 Å². The number of allylic oxidation sites excluding steroid dienone is 1. The van der Waals surface area contributed by atoms with E-state index in [0.29, 0.717) is 6.61 Å². The lowest BCUT2D eigenvalue weighted by Crippen LogP contribution is -2.66. The zero-order chi connectivity index (χ0) is 30.9. The predicted octanol–water partition coefficient (Wildman–Crippen LogP) is 8.28. The summed E-state index contributed by atoms with van der Waals surface area (Å²) in [5, 5.41) is 6.99. The Morgan fingerprint density at radius 2 is 0.955 bits per heavy atom. The zero-order valence-electron chi connectivity index (χ0n) is 26.7. The number of benzene rings is 5.